The normalized spacial score (nSPS) is 20.2. The molecule has 4 rings (SSSR count). The molecule has 1 aliphatic heterocycles. The molecule has 0 aliphatic carbocycles. The fraction of sp³-hybridized carbons (Fsp3) is 0.500. The van der Waals surface area contributed by atoms with E-state index < -0.39 is 49.6 Å². The first-order chi connectivity index (χ1) is 17.4. The van der Waals surface area contributed by atoms with Gasteiger partial charge in [-0.05, 0) is 19.9 Å². The number of carbonyl (C=O) groups excluding carboxylic acids is 1. The van der Waals surface area contributed by atoms with Crippen LogP contribution in [0, 0.1) is 0 Å². The molecule has 0 unspecified atom stereocenters. The molecular weight excluding hydrogens is 516 g/mol. The molecule has 0 aromatic carbocycles. The average Bonchev–Trinajstić information content (AvgIpc) is 3.50. The number of nitrogens with one attached hydrogen (secondary N) is 3. The summed E-state index contributed by atoms with van der Waals surface area (Å²) in [6.45, 7) is 2.26. The molecule has 3 atom stereocenters. The number of carbonyl (C=O) groups is 1. The summed E-state index contributed by atoms with van der Waals surface area (Å²) in [5.41, 5.74) is -0.692. The Morgan fingerprint density at radius 3 is 2.76 bits per heavy atom. The number of nitrogens with zero attached hydrogens (tertiary/aromatic N) is 4. The van der Waals surface area contributed by atoms with Crippen LogP contribution in [-0.4, -0.2) is 62.2 Å². The Labute approximate surface area is 204 Å². The van der Waals surface area contributed by atoms with Gasteiger partial charge >= 0.3 is 12.5 Å². The van der Waals surface area contributed by atoms with Gasteiger partial charge in [0.2, 0.25) is 0 Å². The third-order valence-electron chi connectivity index (χ3n) is 5.03. The maximum Gasteiger partial charge on any atom is 0.522 e. The number of alkyl carbamates (subject to hydrolysis) is 1. The zero-order chi connectivity index (χ0) is 26.9. The summed E-state index contributed by atoms with van der Waals surface area (Å²) in [6.07, 6.45) is -11.9. The summed E-state index contributed by atoms with van der Waals surface area (Å²) in [7, 11) is 0. The van der Waals surface area contributed by atoms with Gasteiger partial charge in [-0.25, -0.2) is 27.5 Å². The minimum absolute atomic E-state index is 0.0165. The third kappa shape index (κ3) is 6.40. The Morgan fingerprint density at radius 2 is 2.08 bits per heavy atom. The van der Waals surface area contributed by atoms with Crippen molar-refractivity contribution in [2.24, 2.45) is 0 Å². The highest BCUT2D eigenvalue weighted by molar-refractivity contribution is 5.72. The van der Waals surface area contributed by atoms with Crippen molar-refractivity contribution in [3.63, 3.8) is 0 Å². The molecule has 3 N–H and O–H groups in total. The van der Waals surface area contributed by atoms with E-state index in [-0.39, 0.29) is 41.2 Å². The van der Waals surface area contributed by atoms with Crippen molar-refractivity contribution in [2.75, 3.05) is 11.9 Å². The number of amides is 1. The lowest BCUT2D eigenvalue weighted by molar-refractivity contribution is -0.330. The van der Waals surface area contributed by atoms with Crippen LogP contribution in [0.15, 0.2) is 18.3 Å². The number of hydrogen-bond donors (Lipinski definition) is 3. The monoisotopic (exact) mass is 537 g/mol. The van der Waals surface area contributed by atoms with Crippen molar-refractivity contribution >= 4 is 23.2 Å². The standard InChI is InChI=1S/C20H21F6N7O4/c1-8(2)27-19(34)37-13-7-35-16(15(13)21)10-4-14(31-30-10)29-18-12-3-9(6-36-20(24,25)26)32-33(12)5-11(28-18)17(22)23/h3-5,8,13,15-17H,6-7H2,1-2H3,(H,27,34)(H2,28,29,30,31)/t13-,15-,16-/m1/s1. The van der Waals surface area contributed by atoms with Crippen LogP contribution in [0.3, 0.4) is 0 Å². The first kappa shape index (κ1) is 26.5. The van der Waals surface area contributed by atoms with Gasteiger partial charge in [-0.1, -0.05) is 0 Å². The Kier molecular flexibility index (Phi) is 7.44. The van der Waals surface area contributed by atoms with E-state index in [4.69, 9.17) is 9.47 Å². The van der Waals surface area contributed by atoms with Crippen molar-refractivity contribution in [1.82, 2.24) is 30.1 Å². The zero-order valence-electron chi connectivity index (χ0n) is 19.2. The van der Waals surface area contributed by atoms with Crippen LogP contribution in [0.5, 0.6) is 0 Å². The predicted octanol–water partition coefficient (Wildman–Crippen LogP) is 4.08. The van der Waals surface area contributed by atoms with Gasteiger partial charge < -0.3 is 20.1 Å². The Balaban J connectivity index is 1.51. The van der Waals surface area contributed by atoms with Crippen LogP contribution in [0.25, 0.3) is 5.52 Å². The van der Waals surface area contributed by atoms with Crippen LogP contribution in [0.1, 0.15) is 43.5 Å². The summed E-state index contributed by atoms with van der Waals surface area (Å²) in [5.74, 6) is -0.180. The van der Waals surface area contributed by atoms with E-state index in [9.17, 15) is 31.1 Å². The number of fused-ring (bicyclic) bond motifs is 1. The van der Waals surface area contributed by atoms with Gasteiger partial charge in [0, 0.05) is 12.1 Å². The SMILES string of the molecule is CC(C)NC(=O)O[C@@H]1CO[C@H](c2cc(Nc3nc(C(F)F)cn4nc(COC(F)(F)F)cc34)n[nH]2)[C@@H]1F. The largest absolute Gasteiger partial charge is 0.522 e. The number of anilines is 2. The second-order valence-electron chi connectivity index (χ2n) is 8.29. The molecule has 11 nitrogen and oxygen atoms in total. The lowest BCUT2D eigenvalue weighted by atomic mass is 10.1. The van der Waals surface area contributed by atoms with Crippen LogP contribution < -0.4 is 10.6 Å². The number of alkyl halides is 6. The molecule has 0 spiro atoms. The molecule has 0 bridgehead atoms. The molecule has 4 heterocycles. The summed E-state index contributed by atoms with van der Waals surface area (Å²) in [6, 6.07) is 2.29. The van der Waals surface area contributed by atoms with Crippen molar-refractivity contribution in [1.29, 1.82) is 0 Å². The van der Waals surface area contributed by atoms with Gasteiger partial charge in [-0.15, -0.1) is 13.2 Å². The van der Waals surface area contributed by atoms with E-state index in [0.717, 1.165) is 10.7 Å². The quantitative estimate of drug-likeness (QED) is 0.367. The van der Waals surface area contributed by atoms with Gasteiger partial charge in [-0.2, -0.15) is 10.2 Å². The fourth-order valence-corrected chi connectivity index (χ4v) is 3.50. The van der Waals surface area contributed by atoms with E-state index in [2.05, 4.69) is 35.7 Å². The number of hydrogen-bond acceptors (Lipinski definition) is 8. The molecule has 17 heteroatoms. The van der Waals surface area contributed by atoms with E-state index in [1.165, 1.54) is 12.1 Å². The van der Waals surface area contributed by atoms with E-state index in [0.29, 0.717) is 0 Å². The number of H-pyrrole nitrogens is 1. The van der Waals surface area contributed by atoms with Crippen molar-refractivity contribution < 1.29 is 45.3 Å². The Hall–Kier alpha value is -3.60. The highest BCUT2D eigenvalue weighted by Crippen LogP contribution is 2.34. The molecule has 0 radical (unpaired) electrons. The number of halogens is 6. The van der Waals surface area contributed by atoms with Gasteiger partial charge in [0.15, 0.2) is 23.9 Å². The maximum atomic E-state index is 14.9. The molecule has 202 valence electrons. The molecule has 1 amide bonds. The Morgan fingerprint density at radius 1 is 1.32 bits per heavy atom. The van der Waals surface area contributed by atoms with Crippen molar-refractivity contribution in [3.8, 4) is 0 Å². The van der Waals surface area contributed by atoms with Crippen LogP contribution in [0.2, 0.25) is 0 Å². The summed E-state index contributed by atoms with van der Waals surface area (Å²) in [5, 5.41) is 15.5. The van der Waals surface area contributed by atoms with Crippen molar-refractivity contribution in [3.05, 3.63) is 35.4 Å². The van der Waals surface area contributed by atoms with Crippen molar-refractivity contribution in [2.45, 2.75) is 57.7 Å². The molecule has 0 saturated carbocycles. The minimum Gasteiger partial charge on any atom is -0.441 e. The fourth-order valence-electron chi connectivity index (χ4n) is 3.50. The smallest absolute Gasteiger partial charge is 0.441 e. The second kappa shape index (κ2) is 10.4. The number of aromatic amines is 1. The number of ether oxygens (including phenoxy) is 3. The lowest BCUT2D eigenvalue weighted by Crippen LogP contribution is -2.36. The van der Waals surface area contributed by atoms with E-state index >= 15 is 0 Å². The van der Waals surface area contributed by atoms with Crippen LogP contribution >= 0.6 is 0 Å². The summed E-state index contributed by atoms with van der Waals surface area (Å²) in [4.78, 5) is 15.6. The van der Waals surface area contributed by atoms with Gasteiger partial charge in [-0.3, -0.25) is 9.84 Å². The minimum atomic E-state index is -4.91. The molecule has 1 saturated heterocycles. The summed E-state index contributed by atoms with van der Waals surface area (Å²) >= 11 is 0. The van der Waals surface area contributed by atoms with Crippen LogP contribution in [0.4, 0.5) is 42.8 Å². The van der Waals surface area contributed by atoms with Gasteiger partial charge in [0.25, 0.3) is 6.43 Å². The number of aromatic nitrogens is 5. The molecule has 1 fully saturated rings. The van der Waals surface area contributed by atoms with E-state index in [1.807, 2.05) is 0 Å². The first-order valence-corrected chi connectivity index (χ1v) is 10.8. The average molecular weight is 537 g/mol. The lowest BCUT2D eigenvalue weighted by Gasteiger charge is -2.16. The third-order valence-corrected chi connectivity index (χ3v) is 5.03. The highest BCUT2D eigenvalue weighted by atomic mass is 19.4. The molecule has 37 heavy (non-hydrogen) atoms. The number of rotatable bonds is 8. The first-order valence-electron chi connectivity index (χ1n) is 10.8. The second-order valence-corrected chi connectivity index (χ2v) is 8.29. The predicted molar refractivity (Wildman–Crippen MR) is 113 cm³/mol. The molecule has 3 aromatic heterocycles. The molecule has 3 aromatic rings. The van der Waals surface area contributed by atoms with Crippen LogP contribution in [-0.2, 0) is 20.8 Å². The summed E-state index contributed by atoms with van der Waals surface area (Å²) < 4.78 is 93.8. The highest BCUT2D eigenvalue weighted by Gasteiger charge is 2.42. The van der Waals surface area contributed by atoms with Gasteiger partial charge in [0.05, 0.1) is 24.2 Å². The van der Waals surface area contributed by atoms with E-state index in [1.54, 1.807) is 13.8 Å². The zero-order valence-corrected chi connectivity index (χ0v) is 19.2. The topological polar surface area (TPSA) is 128 Å². The maximum absolute atomic E-state index is 14.9. The molecule has 1 aliphatic rings. The molecular formula is C20H21F6N7O4. The van der Waals surface area contributed by atoms with Gasteiger partial charge in [0.1, 0.15) is 23.9 Å². The Bertz CT molecular complexity index is 1250.